The second kappa shape index (κ2) is 4.93. The molecule has 0 aliphatic carbocycles. The third-order valence-corrected chi connectivity index (χ3v) is 2.51. The highest BCUT2D eigenvalue weighted by Gasteiger charge is 2.13. The van der Waals surface area contributed by atoms with Gasteiger partial charge in [-0.15, -0.1) is 0 Å². The van der Waals surface area contributed by atoms with E-state index in [-0.39, 0.29) is 0 Å². The third kappa shape index (κ3) is 2.79. The second-order valence-electron chi connectivity index (χ2n) is 3.59. The van der Waals surface area contributed by atoms with Crippen molar-refractivity contribution >= 4 is 5.95 Å². The summed E-state index contributed by atoms with van der Waals surface area (Å²) in [5.41, 5.74) is 0. The maximum absolute atomic E-state index is 5.04. The first kappa shape index (κ1) is 10.2. The molecular formula is C10H16N4O. The molecule has 0 aromatic carbocycles. The largest absolute Gasteiger partial charge is 0.481 e. The summed E-state index contributed by atoms with van der Waals surface area (Å²) in [4.78, 5) is 8.38. The maximum Gasteiger partial charge on any atom is 0.226 e. The number of anilines is 1. The highest BCUT2D eigenvalue weighted by atomic mass is 16.5. The van der Waals surface area contributed by atoms with Crippen molar-refractivity contribution in [1.29, 1.82) is 0 Å². The number of methoxy groups -OCH3 is 1. The topological polar surface area (TPSA) is 59.1 Å². The van der Waals surface area contributed by atoms with E-state index in [0.717, 1.165) is 25.9 Å². The summed E-state index contributed by atoms with van der Waals surface area (Å²) in [6.45, 7) is 2.11. The molecule has 0 radical (unpaired) electrons. The number of piperidine rings is 1. The Morgan fingerprint density at radius 3 is 3.00 bits per heavy atom. The van der Waals surface area contributed by atoms with Crippen LogP contribution in [0.4, 0.5) is 5.95 Å². The minimum atomic E-state index is 0.471. The van der Waals surface area contributed by atoms with E-state index in [0.29, 0.717) is 17.9 Å². The van der Waals surface area contributed by atoms with Gasteiger partial charge in [0.1, 0.15) is 0 Å². The SMILES string of the molecule is COc1ccnc(NC2CCNCC2)n1. The Labute approximate surface area is 89.3 Å². The lowest BCUT2D eigenvalue weighted by Gasteiger charge is -2.23. The van der Waals surface area contributed by atoms with Crippen molar-refractivity contribution in [2.75, 3.05) is 25.5 Å². The molecule has 82 valence electrons. The predicted molar refractivity (Wildman–Crippen MR) is 58.1 cm³/mol. The van der Waals surface area contributed by atoms with Crippen LogP contribution in [-0.2, 0) is 0 Å². The zero-order chi connectivity index (χ0) is 10.5. The number of rotatable bonds is 3. The molecule has 5 nitrogen and oxygen atoms in total. The Balaban J connectivity index is 1.96. The molecule has 1 aromatic rings. The minimum Gasteiger partial charge on any atom is -0.481 e. The van der Waals surface area contributed by atoms with Crippen LogP contribution in [0.15, 0.2) is 12.3 Å². The van der Waals surface area contributed by atoms with Gasteiger partial charge in [-0.2, -0.15) is 4.98 Å². The van der Waals surface area contributed by atoms with E-state index in [9.17, 15) is 0 Å². The van der Waals surface area contributed by atoms with E-state index in [1.54, 1.807) is 19.4 Å². The summed E-state index contributed by atoms with van der Waals surface area (Å²) < 4.78 is 5.04. The van der Waals surface area contributed by atoms with Crippen molar-refractivity contribution < 1.29 is 4.74 Å². The first-order valence-corrected chi connectivity index (χ1v) is 5.23. The van der Waals surface area contributed by atoms with Crippen molar-refractivity contribution in [3.63, 3.8) is 0 Å². The molecular weight excluding hydrogens is 192 g/mol. The maximum atomic E-state index is 5.04. The van der Waals surface area contributed by atoms with E-state index in [4.69, 9.17) is 4.74 Å². The number of nitrogens with zero attached hydrogens (tertiary/aromatic N) is 2. The molecule has 1 aromatic heterocycles. The number of hydrogen-bond acceptors (Lipinski definition) is 5. The molecule has 0 bridgehead atoms. The van der Waals surface area contributed by atoms with Gasteiger partial charge in [-0.05, 0) is 25.9 Å². The molecule has 0 atom stereocenters. The van der Waals surface area contributed by atoms with Gasteiger partial charge >= 0.3 is 0 Å². The average Bonchev–Trinajstić information content (AvgIpc) is 2.31. The van der Waals surface area contributed by atoms with Gasteiger partial charge in [-0.3, -0.25) is 0 Å². The fourth-order valence-corrected chi connectivity index (χ4v) is 1.67. The van der Waals surface area contributed by atoms with Gasteiger partial charge in [0, 0.05) is 18.3 Å². The summed E-state index contributed by atoms with van der Waals surface area (Å²) in [6, 6.07) is 2.21. The highest BCUT2D eigenvalue weighted by Crippen LogP contribution is 2.11. The first-order chi connectivity index (χ1) is 7.38. The molecule has 1 aliphatic heterocycles. The molecule has 5 heteroatoms. The molecule has 15 heavy (non-hydrogen) atoms. The average molecular weight is 208 g/mol. The van der Waals surface area contributed by atoms with E-state index in [2.05, 4.69) is 20.6 Å². The van der Waals surface area contributed by atoms with Gasteiger partial charge in [0.25, 0.3) is 0 Å². The molecule has 2 N–H and O–H groups in total. The zero-order valence-corrected chi connectivity index (χ0v) is 8.86. The molecule has 2 rings (SSSR count). The van der Waals surface area contributed by atoms with Crippen LogP contribution in [0.1, 0.15) is 12.8 Å². The molecule has 0 unspecified atom stereocenters. The lowest BCUT2D eigenvalue weighted by Crippen LogP contribution is -2.35. The monoisotopic (exact) mass is 208 g/mol. The third-order valence-electron chi connectivity index (χ3n) is 2.51. The fourth-order valence-electron chi connectivity index (χ4n) is 1.67. The number of aromatic nitrogens is 2. The van der Waals surface area contributed by atoms with Crippen molar-refractivity contribution in [2.24, 2.45) is 0 Å². The molecule has 1 saturated heterocycles. The highest BCUT2D eigenvalue weighted by molar-refractivity contribution is 5.28. The Morgan fingerprint density at radius 1 is 1.47 bits per heavy atom. The predicted octanol–water partition coefficient (Wildman–Crippen LogP) is 0.649. The van der Waals surface area contributed by atoms with E-state index >= 15 is 0 Å². The van der Waals surface area contributed by atoms with Crippen molar-refractivity contribution in [3.8, 4) is 5.88 Å². The van der Waals surface area contributed by atoms with Gasteiger partial charge in [0.15, 0.2) is 0 Å². The van der Waals surface area contributed by atoms with Crippen LogP contribution >= 0.6 is 0 Å². The minimum absolute atomic E-state index is 0.471. The summed E-state index contributed by atoms with van der Waals surface area (Å²) >= 11 is 0. The van der Waals surface area contributed by atoms with E-state index in [1.807, 2.05) is 0 Å². The van der Waals surface area contributed by atoms with Gasteiger partial charge < -0.3 is 15.4 Å². The van der Waals surface area contributed by atoms with E-state index < -0.39 is 0 Å². The van der Waals surface area contributed by atoms with Crippen LogP contribution in [0, 0.1) is 0 Å². The van der Waals surface area contributed by atoms with Crippen LogP contribution in [0.5, 0.6) is 5.88 Å². The van der Waals surface area contributed by atoms with Crippen molar-refractivity contribution in [2.45, 2.75) is 18.9 Å². The quantitative estimate of drug-likeness (QED) is 0.763. The Hall–Kier alpha value is -1.36. The van der Waals surface area contributed by atoms with Crippen LogP contribution in [0.3, 0.4) is 0 Å². The smallest absolute Gasteiger partial charge is 0.226 e. The second-order valence-corrected chi connectivity index (χ2v) is 3.59. The Kier molecular flexibility index (Phi) is 3.34. The van der Waals surface area contributed by atoms with Crippen LogP contribution in [-0.4, -0.2) is 36.2 Å². The van der Waals surface area contributed by atoms with Crippen LogP contribution in [0.2, 0.25) is 0 Å². The van der Waals surface area contributed by atoms with Gasteiger partial charge in [0.05, 0.1) is 7.11 Å². The Morgan fingerprint density at radius 2 is 2.27 bits per heavy atom. The molecule has 1 aliphatic rings. The van der Waals surface area contributed by atoms with E-state index in [1.165, 1.54) is 0 Å². The summed E-state index contributed by atoms with van der Waals surface area (Å²) in [5.74, 6) is 1.25. The fraction of sp³-hybridized carbons (Fsp3) is 0.600. The lowest BCUT2D eigenvalue weighted by molar-refractivity contribution is 0.396. The molecule has 0 spiro atoms. The van der Waals surface area contributed by atoms with Crippen molar-refractivity contribution in [3.05, 3.63) is 12.3 Å². The normalized spacial score (nSPS) is 17.4. The van der Waals surface area contributed by atoms with Gasteiger partial charge in [0.2, 0.25) is 11.8 Å². The first-order valence-electron chi connectivity index (χ1n) is 5.23. The lowest BCUT2D eigenvalue weighted by atomic mass is 10.1. The molecule has 2 heterocycles. The molecule has 1 fully saturated rings. The molecule has 0 saturated carbocycles. The Bertz CT molecular complexity index is 312. The standard InChI is InChI=1S/C10H16N4O/c1-15-9-4-7-12-10(14-9)13-8-2-5-11-6-3-8/h4,7-8,11H,2-3,5-6H2,1H3,(H,12,13,14). The van der Waals surface area contributed by atoms with Crippen LogP contribution < -0.4 is 15.4 Å². The van der Waals surface area contributed by atoms with Gasteiger partial charge in [-0.25, -0.2) is 4.98 Å². The summed E-state index contributed by atoms with van der Waals surface area (Å²) in [5, 5.41) is 6.63. The van der Waals surface area contributed by atoms with Crippen molar-refractivity contribution in [1.82, 2.24) is 15.3 Å². The molecule has 0 amide bonds. The number of nitrogens with one attached hydrogen (secondary N) is 2. The summed E-state index contributed by atoms with van der Waals surface area (Å²) in [7, 11) is 1.61. The van der Waals surface area contributed by atoms with Gasteiger partial charge in [-0.1, -0.05) is 0 Å². The number of hydrogen-bond donors (Lipinski definition) is 2. The van der Waals surface area contributed by atoms with Crippen LogP contribution in [0.25, 0.3) is 0 Å². The summed E-state index contributed by atoms with van der Waals surface area (Å²) in [6.07, 6.45) is 3.93. The number of ether oxygens (including phenoxy) is 1. The zero-order valence-electron chi connectivity index (χ0n) is 8.86.